The predicted molar refractivity (Wildman–Crippen MR) is 167 cm³/mol. The second-order valence-corrected chi connectivity index (χ2v) is 12.6. The van der Waals surface area contributed by atoms with E-state index in [2.05, 4.69) is 5.10 Å². The van der Waals surface area contributed by atoms with E-state index in [9.17, 15) is 14.4 Å². The molecular formula is C26H38N4O5S4. The Bertz CT molecular complexity index is 1030. The summed E-state index contributed by atoms with van der Waals surface area (Å²) in [6.45, 7) is 11.7. The minimum Gasteiger partial charge on any atom is -0.465 e. The van der Waals surface area contributed by atoms with Crippen LogP contribution < -0.4 is 5.01 Å². The summed E-state index contributed by atoms with van der Waals surface area (Å²) < 4.78 is 12.0. The highest BCUT2D eigenvalue weighted by molar-refractivity contribution is 8.23. The van der Waals surface area contributed by atoms with Crippen LogP contribution in [-0.2, 0) is 19.1 Å². The molecule has 0 aliphatic rings. The van der Waals surface area contributed by atoms with Crippen LogP contribution in [0.15, 0.2) is 48.8 Å². The number of carbonyl (C=O) groups is 3. The molecule has 39 heavy (non-hydrogen) atoms. The van der Waals surface area contributed by atoms with E-state index in [4.69, 9.17) is 21.7 Å². The highest BCUT2D eigenvalue weighted by atomic mass is 32.2. The fourth-order valence-electron chi connectivity index (χ4n) is 3.03. The molecule has 9 nitrogen and oxygen atoms in total. The molecule has 1 aromatic heterocycles. The van der Waals surface area contributed by atoms with Crippen LogP contribution in [0.5, 0.6) is 0 Å². The fraction of sp³-hybridized carbons (Fsp3) is 0.500. The van der Waals surface area contributed by atoms with Crippen molar-refractivity contribution >= 4 is 74.7 Å². The first-order valence-electron chi connectivity index (χ1n) is 12.5. The average Bonchev–Trinajstić information content (AvgIpc) is 3.45. The van der Waals surface area contributed by atoms with Gasteiger partial charge < -0.3 is 9.47 Å². The maximum absolute atomic E-state index is 12.6. The second kappa shape index (κ2) is 19.0. The number of carbonyl (C=O) groups excluding carboxylic acids is 3. The third kappa shape index (κ3) is 12.2. The Labute approximate surface area is 249 Å². The van der Waals surface area contributed by atoms with Gasteiger partial charge in [-0.2, -0.15) is 5.10 Å². The van der Waals surface area contributed by atoms with E-state index < -0.39 is 0 Å². The van der Waals surface area contributed by atoms with Crippen molar-refractivity contribution in [3.63, 3.8) is 0 Å². The van der Waals surface area contributed by atoms with Crippen molar-refractivity contribution in [3.8, 4) is 0 Å². The molecule has 3 unspecified atom stereocenters. The molecular weight excluding hydrogens is 577 g/mol. The number of benzene rings is 1. The van der Waals surface area contributed by atoms with E-state index in [0.29, 0.717) is 23.3 Å². The lowest BCUT2D eigenvalue weighted by molar-refractivity contribution is -0.143. The van der Waals surface area contributed by atoms with Gasteiger partial charge in [0.05, 0.1) is 24.3 Å². The Morgan fingerprint density at radius 3 is 2.08 bits per heavy atom. The minimum absolute atomic E-state index is 0.0417. The Hall–Kier alpha value is -2.22. The SMILES string of the molecule is CCOC(=O)C(C)SC(=S)n1cccn1.CCOC(=O)C(C)SC(C)N(C(=O)SCC)N(C)c1ccccc1. The second-order valence-electron chi connectivity index (χ2n) is 7.76. The lowest BCUT2D eigenvalue weighted by Crippen LogP contribution is -2.47. The molecule has 13 heteroatoms. The fourth-order valence-corrected chi connectivity index (χ4v) is 6.10. The maximum Gasteiger partial charge on any atom is 0.319 e. The van der Waals surface area contributed by atoms with Gasteiger partial charge in [0, 0.05) is 19.4 Å². The van der Waals surface area contributed by atoms with E-state index in [1.807, 2.05) is 56.2 Å². The lowest BCUT2D eigenvalue weighted by atomic mass is 10.3. The van der Waals surface area contributed by atoms with Crippen LogP contribution in [0.3, 0.4) is 0 Å². The lowest BCUT2D eigenvalue weighted by Gasteiger charge is -2.37. The van der Waals surface area contributed by atoms with Crippen molar-refractivity contribution in [2.24, 2.45) is 0 Å². The maximum atomic E-state index is 12.6. The van der Waals surface area contributed by atoms with Gasteiger partial charge in [-0.1, -0.05) is 60.9 Å². The van der Waals surface area contributed by atoms with Crippen molar-refractivity contribution in [2.45, 2.75) is 57.4 Å². The van der Waals surface area contributed by atoms with E-state index in [1.165, 1.54) is 35.3 Å². The van der Waals surface area contributed by atoms with Crippen LogP contribution in [0.1, 0.15) is 41.5 Å². The molecule has 0 saturated carbocycles. The summed E-state index contributed by atoms with van der Waals surface area (Å²) in [5.41, 5.74) is 0.916. The van der Waals surface area contributed by atoms with Crippen LogP contribution in [0.2, 0.25) is 0 Å². The topological polar surface area (TPSA) is 94.0 Å². The predicted octanol–water partition coefficient (Wildman–Crippen LogP) is 5.94. The van der Waals surface area contributed by atoms with Gasteiger partial charge in [0.1, 0.15) is 10.5 Å². The van der Waals surface area contributed by atoms with Gasteiger partial charge >= 0.3 is 17.2 Å². The van der Waals surface area contributed by atoms with E-state index in [-0.39, 0.29) is 33.1 Å². The van der Waals surface area contributed by atoms with Crippen molar-refractivity contribution in [2.75, 3.05) is 31.0 Å². The van der Waals surface area contributed by atoms with Crippen LogP contribution in [0, 0.1) is 0 Å². The molecule has 2 aromatic rings. The Balaban J connectivity index is 0.000000434. The molecule has 0 N–H and O–H groups in total. The quantitative estimate of drug-likeness (QED) is 0.130. The molecule has 216 valence electrons. The van der Waals surface area contributed by atoms with E-state index in [0.717, 1.165) is 5.69 Å². The van der Waals surface area contributed by atoms with Crippen molar-refractivity contribution in [3.05, 3.63) is 48.8 Å². The van der Waals surface area contributed by atoms with E-state index >= 15 is 0 Å². The molecule has 0 saturated heterocycles. The van der Waals surface area contributed by atoms with E-state index in [1.54, 1.807) is 55.8 Å². The molecule has 1 amide bonds. The first-order valence-corrected chi connectivity index (χ1v) is 15.7. The first-order chi connectivity index (χ1) is 18.6. The highest BCUT2D eigenvalue weighted by Gasteiger charge is 2.29. The number of hydrogen-bond acceptors (Lipinski definition) is 11. The van der Waals surface area contributed by atoms with Gasteiger partial charge in [-0.3, -0.25) is 19.4 Å². The van der Waals surface area contributed by atoms with Crippen molar-refractivity contribution in [1.29, 1.82) is 0 Å². The van der Waals surface area contributed by atoms with Crippen LogP contribution in [0.25, 0.3) is 0 Å². The molecule has 1 heterocycles. The third-order valence-corrected chi connectivity index (χ3v) is 8.19. The van der Waals surface area contributed by atoms with Gasteiger partial charge in [0.15, 0.2) is 4.32 Å². The molecule has 0 bridgehead atoms. The van der Waals surface area contributed by atoms with Gasteiger partial charge in [-0.15, -0.1) is 11.8 Å². The standard InChI is InChI=1S/C17H26N2O3S2.C9H12N2O2S2/c1-6-22-16(20)13(3)24-14(4)19(17(21)23-7-2)18(5)15-11-9-8-10-12-15;1-3-13-8(12)7(2)15-9(14)11-6-4-5-10-11/h8-14H,6-7H2,1-5H3;4-7H,3H2,1-2H3. The first kappa shape index (κ1) is 34.8. The molecule has 0 aliphatic carbocycles. The molecule has 1 aromatic carbocycles. The molecule has 3 atom stereocenters. The number of amides is 1. The highest BCUT2D eigenvalue weighted by Crippen LogP contribution is 2.28. The smallest absolute Gasteiger partial charge is 0.319 e. The summed E-state index contributed by atoms with van der Waals surface area (Å²) in [4.78, 5) is 35.8. The average molecular weight is 615 g/mol. The number of ether oxygens (including phenoxy) is 2. The molecule has 0 fully saturated rings. The summed E-state index contributed by atoms with van der Waals surface area (Å²) in [6, 6.07) is 11.5. The Morgan fingerprint density at radius 1 is 0.974 bits per heavy atom. The zero-order chi connectivity index (χ0) is 29.4. The van der Waals surface area contributed by atoms with Gasteiger partial charge in [0.2, 0.25) is 0 Å². The largest absolute Gasteiger partial charge is 0.465 e. The number of rotatable bonds is 11. The number of esters is 2. The number of aromatic nitrogens is 2. The zero-order valence-corrected chi connectivity index (χ0v) is 26.7. The number of thiocarbonyl (C=S) groups is 1. The molecule has 0 radical (unpaired) electrons. The minimum atomic E-state index is -0.342. The number of thioether (sulfide) groups is 3. The summed E-state index contributed by atoms with van der Waals surface area (Å²) in [5, 5.41) is 6.60. The summed E-state index contributed by atoms with van der Waals surface area (Å²) in [7, 11) is 1.86. The van der Waals surface area contributed by atoms with Gasteiger partial charge in [-0.25, -0.2) is 9.69 Å². The molecule has 2 rings (SSSR count). The van der Waals surface area contributed by atoms with Crippen molar-refractivity contribution in [1.82, 2.24) is 14.8 Å². The number of nitrogens with zero attached hydrogens (tertiary/aromatic N) is 4. The third-order valence-electron chi connectivity index (χ3n) is 4.86. The normalized spacial score (nSPS) is 12.7. The number of para-hydroxylation sites is 1. The monoisotopic (exact) mass is 614 g/mol. The van der Waals surface area contributed by atoms with Gasteiger partial charge in [-0.05, 0) is 58.6 Å². The Kier molecular flexibility index (Phi) is 16.9. The zero-order valence-electron chi connectivity index (χ0n) is 23.4. The van der Waals surface area contributed by atoms with Crippen LogP contribution >= 0.6 is 47.5 Å². The van der Waals surface area contributed by atoms with Crippen molar-refractivity contribution < 1.29 is 23.9 Å². The summed E-state index contributed by atoms with van der Waals surface area (Å²) in [6.07, 6.45) is 3.38. The molecule has 0 aliphatic heterocycles. The number of hydrazine groups is 1. The summed E-state index contributed by atoms with van der Waals surface area (Å²) >= 11 is 9.03. The number of hydrogen-bond donors (Lipinski definition) is 0. The molecule has 0 spiro atoms. The summed E-state index contributed by atoms with van der Waals surface area (Å²) in [5.74, 6) is 0.187. The number of anilines is 1. The van der Waals surface area contributed by atoms with Crippen LogP contribution in [0.4, 0.5) is 10.5 Å². The van der Waals surface area contributed by atoms with Crippen LogP contribution in [-0.4, -0.2) is 78.2 Å². The van der Waals surface area contributed by atoms with Gasteiger partial charge in [0.25, 0.3) is 0 Å². The Morgan fingerprint density at radius 2 is 1.56 bits per heavy atom.